The van der Waals surface area contributed by atoms with Crippen LogP contribution >= 0.6 is 0 Å². The van der Waals surface area contributed by atoms with Gasteiger partial charge in [-0.2, -0.15) is 0 Å². The molecule has 1 aromatic rings. The number of aliphatic carboxylic acids is 1. The number of ether oxygens (including phenoxy) is 1. The number of benzene rings is 1. The molecular formula is C15H23NO3. The molecule has 0 saturated carbocycles. The maximum absolute atomic E-state index is 10.5. The summed E-state index contributed by atoms with van der Waals surface area (Å²) in [4.78, 5) is 10.5. The topological polar surface area (TPSA) is 72.5 Å². The molecular weight excluding hydrogens is 242 g/mol. The lowest BCUT2D eigenvalue weighted by Gasteiger charge is -2.24. The van der Waals surface area contributed by atoms with Crippen molar-refractivity contribution in [3.8, 4) is 0 Å². The van der Waals surface area contributed by atoms with Crippen LogP contribution in [-0.2, 0) is 14.9 Å². The highest BCUT2D eigenvalue weighted by molar-refractivity contribution is 5.66. The summed E-state index contributed by atoms with van der Waals surface area (Å²) < 4.78 is 5.21. The molecule has 0 saturated heterocycles. The molecule has 0 aliphatic carbocycles. The van der Waals surface area contributed by atoms with Crippen molar-refractivity contribution >= 4 is 5.97 Å². The first kappa shape index (κ1) is 15.7. The number of methoxy groups -OCH3 is 1. The van der Waals surface area contributed by atoms with Gasteiger partial charge in [-0.25, -0.2) is 0 Å². The fraction of sp³-hybridized carbons (Fsp3) is 0.533. The summed E-state index contributed by atoms with van der Waals surface area (Å²) in [5.74, 6) is -0.812. The summed E-state index contributed by atoms with van der Waals surface area (Å²) in [6.45, 7) is 4.89. The molecule has 0 aromatic heterocycles. The average Bonchev–Trinajstić information content (AvgIpc) is 2.36. The van der Waals surface area contributed by atoms with Crippen molar-refractivity contribution in [1.82, 2.24) is 0 Å². The number of hydrogen-bond acceptors (Lipinski definition) is 3. The van der Waals surface area contributed by atoms with Gasteiger partial charge >= 0.3 is 5.97 Å². The largest absolute Gasteiger partial charge is 0.481 e. The normalized spacial score (nSPS) is 13.3. The molecule has 0 spiro atoms. The lowest BCUT2D eigenvalue weighted by molar-refractivity contribution is -0.137. The second-order valence-corrected chi connectivity index (χ2v) is 5.48. The highest BCUT2D eigenvalue weighted by Crippen LogP contribution is 2.25. The Morgan fingerprint density at radius 3 is 2.42 bits per heavy atom. The van der Waals surface area contributed by atoms with Crippen LogP contribution in [0.2, 0.25) is 0 Å². The van der Waals surface area contributed by atoms with Crippen LogP contribution in [0.4, 0.5) is 0 Å². The molecule has 1 unspecified atom stereocenters. The molecule has 19 heavy (non-hydrogen) atoms. The first-order chi connectivity index (χ1) is 8.86. The van der Waals surface area contributed by atoms with E-state index in [9.17, 15) is 4.79 Å². The van der Waals surface area contributed by atoms with Gasteiger partial charge in [-0.15, -0.1) is 0 Å². The Kier molecular flexibility index (Phi) is 5.51. The van der Waals surface area contributed by atoms with Crippen molar-refractivity contribution in [3.63, 3.8) is 0 Å². The van der Waals surface area contributed by atoms with Crippen molar-refractivity contribution < 1.29 is 14.6 Å². The summed E-state index contributed by atoms with van der Waals surface area (Å²) in [5.41, 5.74) is 8.08. The van der Waals surface area contributed by atoms with Gasteiger partial charge in [0.15, 0.2) is 0 Å². The van der Waals surface area contributed by atoms with Crippen LogP contribution in [0.1, 0.15) is 43.9 Å². The minimum atomic E-state index is -0.812. The third-order valence-corrected chi connectivity index (χ3v) is 3.29. The van der Waals surface area contributed by atoms with Crippen LogP contribution in [0.15, 0.2) is 24.3 Å². The molecule has 1 aromatic carbocycles. The Bertz CT molecular complexity index is 412. The Labute approximate surface area is 114 Å². The van der Waals surface area contributed by atoms with Gasteiger partial charge in [0.1, 0.15) is 0 Å². The van der Waals surface area contributed by atoms with Crippen molar-refractivity contribution in [2.45, 2.75) is 38.1 Å². The van der Waals surface area contributed by atoms with E-state index in [0.717, 1.165) is 5.56 Å². The van der Waals surface area contributed by atoms with E-state index in [1.807, 2.05) is 24.3 Å². The fourth-order valence-corrected chi connectivity index (χ4v) is 2.07. The van der Waals surface area contributed by atoms with Crippen molar-refractivity contribution in [1.29, 1.82) is 0 Å². The second kappa shape index (κ2) is 6.68. The quantitative estimate of drug-likeness (QED) is 0.794. The molecule has 4 nitrogen and oxygen atoms in total. The zero-order valence-electron chi connectivity index (χ0n) is 11.8. The van der Waals surface area contributed by atoms with Gasteiger partial charge in [-0.3, -0.25) is 4.79 Å². The van der Waals surface area contributed by atoms with Crippen molar-refractivity contribution in [2.75, 3.05) is 13.7 Å². The zero-order chi connectivity index (χ0) is 14.5. The molecule has 0 fully saturated rings. The Hall–Kier alpha value is -1.39. The Morgan fingerprint density at radius 2 is 1.95 bits per heavy atom. The highest BCUT2D eigenvalue weighted by atomic mass is 16.5. The van der Waals surface area contributed by atoms with Gasteiger partial charge in [-0.1, -0.05) is 38.1 Å². The van der Waals surface area contributed by atoms with E-state index in [-0.39, 0.29) is 17.9 Å². The molecule has 0 aliphatic rings. The van der Waals surface area contributed by atoms with Gasteiger partial charge in [0.05, 0.1) is 6.61 Å². The van der Waals surface area contributed by atoms with Crippen molar-refractivity contribution in [3.05, 3.63) is 35.4 Å². The van der Waals surface area contributed by atoms with Gasteiger partial charge in [0.2, 0.25) is 0 Å². The van der Waals surface area contributed by atoms with Crippen LogP contribution < -0.4 is 5.73 Å². The molecule has 1 atom stereocenters. The number of rotatable bonds is 7. The Morgan fingerprint density at radius 1 is 1.37 bits per heavy atom. The summed E-state index contributed by atoms with van der Waals surface area (Å²) in [6, 6.07) is 7.79. The lowest BCUT2D eigenvalue weighted by atomic mass is 9.84. The molecule has 0 bridgehead atoms. The maximum Gasteiger partial charge on any atom is 0.303 e. The molecule has 4 heteroatoms. The molecule has 0 radical (unpaired) electrons. The zero-order valence-corrected chi connectivity index (χ0v) is 11.8. The van der Waals surface area contributed by atoms with E-state index in [1.165, 1.54) is 5.56 Å². The van der Waals surface area contributed by atoms with Gasteiger partial charge in [-0.05, 0) is 17.5 Å². The minimum Gasteiger partial charge on any atom is -0.481 e. The first-order valence-corrected chi connectivity index (χ1v) is 6.43. The summed E-state index contributed by atoms with van der Waals surface area (Å²) in [6.07, 6.45) is 0.550. The van der Waals surface area contributed by atoms with Crippen LogP contribution in [0.5, 0.6) is 0 Å². The standard InChI is InChI=1S/C15H23NO3/c1-15(2,10-19-3)12-6-4-11(5-7-12)13(16)8-9-14(17)18/h4-7,13H,8-10,16H2,1-3H3,(H,17,18). The lowest BCUT2D eigenvalue weighted by Crippen LogP contribution is -2.23. The van der Waals surface area contributed by atoms with Gasteiger partial charge in [0, 0.05) is 25.0 Å². The smallest absolute Gasteiger partial charge is 0.303 e. The predicted molar refractivity (Wildman–Crippen MR) is 75.1 cm³/mol. The van der Waals surface area contributed by atoms with Crippen molar-refractivity contribution in [2.24, 2.45) is 5.73 Å². The Balaban J connectivity index is 2.73. The van der Waals surface area contributed by atoms with Gasteiger partial charge < -0.3 is 15.6 Å². The van der Waals surface area contributed by atoms with Crippen LogP contribution in [0.25, 0.3) is 0 Å². The number of carboxylic acid groups (broad SMARTS) is 1. The minimum absolute atomic E-state index is 0.0432. The van der Waals surface area contributed by atoms with Crippen LogP contribution in [-0.4, -0.2) is 24.8 Å². The molecule has 3 N–H and O–H groups in total. The molecule has 0 heterocycles. The van der Waals surface area contributed by atoms with E-state index in [4.69, 9.17) is 15.6 Å². The summed E-state index contributed by atoms with van der Waals surface area (Å²) in [7, 11) is 1.69. The number of nitrogens with two attached hydrogens (primary N) is 1. The van der Waals surface area contributed by atoms with E-state index >= 15 is 0 Å². The van der Waals surface area contributed by atoms with Crippen LogP contribution in [0, 0.1) is 0 Å². The number of hydrogen-bond donors (Lipinski definition) is 2. The summed E-state index contributed by atoms with van der Waals surface area (Å²) in [5, 5.41) is 8.65. The number of carbonyl (C=O) groups is 1. The third-order valence-electron chi connectivity index (χ3n) is 3.29. The monoisotopic (exact) mass is 265 g/mol. The third kappa shape index (κ3) is 4.65. The van der Waals surface area contributed by atoms with E-state index in [0.29, 0.717) is 13.0 Å². The predicted octanol–water partition coefficient (Wildman–Crippen LogP) is 2.48. The average molecular weight is 265 g/mol. The molecule has 0 aliphatic heterocycles. The van der Waals surface area contributed by atoms with E-state index in [2.05, 4.69) is 13.8 Å². The molecule has 106 valence electrons. The first-order valence-electron chi connectivity index (χ1n) is 6.43. The highest BCUT2D eigenvalue weighted by Gasteiger charge is 2.20. The van der Waals surface area contributed by atoms with Gasteiger partial charge in [0.25, 0.3) is 0 Å². The number of carboxylic acids is 1. The maximum atomic E-state index is 10.5. The van der Waals surface area contributed by atoms with E-state index < -0.39 is 5.97 Å². The summed E-state index contributed by atoms with van der Waals surface area (Å²) >= 11 is 0. The SMILES string of the molecule is COCC(C)(C)c1ccc(C(N)CCC(=O)O)cc1. The van der Waals surface area contributed by atoms with Crippen LogP contribution in [0.3, 0.4) is 0 Å². The van der Waals surface area contributed by atoms with E-state index in [1.54, 1.807) is 7.11 Å². The second-order valence-electron chi connectivity index (χ2n) is 5.48. The fourth-order valence-electron chi connectivity index (χ4n) is 2.07. The molecule has 0 amide bonds. The molecule has 1 rings (SSSR count).